The Labute approximate surface area is 431 Å². The molecule has 0 unspecified atom stereocenters. The standard InChI is InChI=1S/C48H10B20N2/c49-27-19-20-22(30(52)40(62)38(60)28(20)50)24-23(21(19)29(51)39(61)37(27)59)31(53)44(66)47(36(24)58)69-13-7-3-1-5-11(13)17-15(69)9-10-16-18(17)12-6-2-4-8-14(12)70(16)48-45(67)34(56)26(35(57)46(48)68)25-32(54)41(63)43(65)42(64)33(25)55/h1-10H. The maximum absolute atomic E-state index is 7.48. The fourth-order valence-corrected chi connectivity index (χ4v) is 10.7. The Morgan fingerprint density at radius 2 is 0.443 bits per heavy atom. The molecule has 11 rings (SSSR count). The van der Waals surface area contributed by atoms with Crippen molar-refractivity contribution in [2.75, 3.05) is 0 Å². The van der Waals surface area contributed by atoms with Gasteiger partial charge in [0.25, 0.3) is 0 Å². The zero-order valence-corrected chi connectivity index (χ0v) is 37.2. The molecule has 0 atom stereocenters. The topological polar surface area (TPSA) is 9.86 Å². The summed E-state index contributed by atoms with van der Waals surface area (Å²) >= 11 is 0. The number of hydrogen-bond donors (Lipinski definition) is 0. The molecule has 0 bridgehead atoms. The van der Waals surface area contributed by atoms with E-state index in [1.54, 1.807) is 0 Å². The lowest BCUT2D eigenvalue weighted by molar-refractivity contribution is 1.20. The quantitative estimate of drug-likeness (QED) is 0.124. The van der Waals surface area contributed by atoms with Crippen molar-refractivity contribution < 1.29 is 0 Å². The summed E-state index contributed by atoms with van der Waals surface area (Å²) < 4.78 is 3.84. The van der Waals surface area contributed by atoms with E-state index >= 15 is 0 Å². The van der Waals surface area contributed by atoms with Gasteiger partial charge in [0, 0.05) is 32.9 Å². The van der Waals surface area contributed by atoms with Crippen LogP contribution in [-0.2, 0) is 0 Å². The van der Waals surface area contributed by atoms with Crippen LogP contribution in [0.4, 0.5) is 0 Å². The molecule has 11 aromatic rings. The summed E-state index contributed by atoms with van der Waals surface area (Å²) in [5, 5.41) is 5.02. The molecule has 0 aliphatic carbocycles. The van der Waals surface area contributed by atoms with Crippen LogP contribution in [0.25, 0.3) is 98.4 Å². The summed E-state index contributed by atoms with van der Waals surface area (Å²) in [4.78, 5) is 0. The van der Waals surface area contributed by atoms with Crippen LogP contribution in [-0.4, -0.2) is 166 Å². The number of fused-ring (bicyclic) bond motifs is 13. The van der Waals surface area contributed by atoms with Gasteiger partial charge in [-0.15, -0.1) is 38.2 Å². The lowest BCUT2D eigenvalue weighted by atomic mass is 9.56. The second-order valence-corrected chi connectivity index (χ2v) is 17.5. The van der Waals surface area contributed by atoms with Gasteiger partial charge in [0.15, 0.2) is 0 Å². The molecular formula is C48H10B20N2. The van der Waals surface area contributed by atoms with Crippen LogP contribution in [0, 0.1) is 0 Å². The fraction of sp³-hybridized carbons (Fsp3) is 0. The van der Waals surface area contributed by atoms with E-state index in [2.05, 4.69) is 0 Å². The van der Waals surface area contributed by atoms with Crippen LogP contribution >= 0.6 is 0 Å². The fourth-order valence-electron chi connectivity index (χ4n) is 10.7. The molecule has 0 spiro atoms. The normalized spacial score (nSPS) is 12.0. The van der Waals surface area contributed by atoms with Crippen LogP contribution in [0.3, 0.4) is 0 Å². The van der Waals surface area contributed by atoms with E-state index in [1.807, 2.05) is 69.8 Å². The monoisotopic (exact) mass is 834 g/mol. The lowest BCUT2D eigenvalue weighted by Crippen LogP contribution is -2.57. The molecule has 0 amide bonds. The Balaban J connectivity index is 1.29. The van der Waals surface area contributed by atoms with Gasteiger partial charge in [0.05, 0.1) is 22.1 Å². The minimum atomic E-state index is -0.00146. The Morgan fingerprint density at radius 1 is 0.200 bits per heavy atom. The maximum atomic E-state index is 7.48. The van der Waals surface area contributed by atoms with Gasteiger partial charge in [-0.05, 0) is 67.7 Å². The Kier molecular flexibility index (Phi) is 10.8. The predicted octanol–water partition coefficient (Wildman–Crippen LogP) is -11.1. The van der Waals surface area contributed by atoms with Crippen molar-refractivity contribution in [2.24, 2.45) is 0 Å². The van der Waals surface area contributed by atoms with Gasteiger partial charge in [0.1, 0.15) is 157 Å². The van der Waals surface area contributed by atoms with E-state index < -0.39 is 0 Å². The average Bonchev–Trinajstić information content (AvgIpc) is 3.86. The van der Waals surface area contributed by atoms with Gasteiger partial charge in [-0.25, -0.2) is 0 Å². The molecule has 0 N–H and O–H groups in total. The van der Waals surface area contributed by atoms with Crippen molar-refractivity contribution in [1.29, 1.82) is 0 Å². The first-order valence-corrected chi connectivity index (χ1v) is 21.4. The molecule has 272 valence electrons. The maximum Gasteiger partial charge on any atom is 0.117 e. The molecule has 9 aromatic carbocycles. The van der Waals surface area contributed by atoms with Crippen molar-refractivity contribution in [3.8, 4) is 22.5 Å². The largest absolute Gasteiger partial charge is 0.310 e. The summed E-state index contributed by atoms with van der Waals surface area (Å²) in [6, 6.07) is 19.3. The van der Waals surface area contributed by atoms with Crippen molar-refractivity contribution in [1.82, 2.24) is 9.13 Å². The second kappa shape index (κ2) is 16.1. The van der Waals surface area contributed by atoms with Crippen molar-refractivity contribution in [3.05, 3.63) is 60.7 Å². The van der Waals surface area contributed by atoms with Crippen molar-refractivity contribution in [3.63, 3.8) is 0 Å². The minimum Gasteiger partial charge on any atom is -0.310 e. The Morgan fingerprint density at radius 3 is 0.800 bits per heavy atom. The molecule has 0 aliphatic rings. The summed E-state index contributed by atoms with van der Waals surface area (Å²) in [5.74, 6) is 0. The third-order valence-corrected chi connectivity index (χ3v) is 14.2. The summed E-state index contributed by atoms with van der Waals surface area (Å²) in [6.45, 7) is 0. The predicted molar refractivity (Wildman–Crippen MR) is 321 cm³/mol. The SMILES string of the molecule is [B]c1c([B])c([B])c(-c2c([B])c([B])c(-n3c4ccccc4c4c5c6ccccc6n(-c6c([B])c([B])c7c8c([B])c([B])c([B])c([B])c8c8c([B])c([B])c([B])c([B])c8c7c6[B])c5ccc43)c([B])c2[B])c([B])c1[B]. The number of rotatable bonds is 3. The van der Waals surface area contributed by atoms with Gasteiger partial charge in [-0.1, -0.05) is 107 Å². The smallest absolute Gasteiger partial charge is 0.117 e. The summed E-state index contributed by atoms with van der Waals surface area (Å²) in [7, 11) is 135. The van der Waals surface area contributed by atoms with Gasteiger partial charge in [-0.3, -0.25) is 0 Å². The molecule has 40 radical (unpaired) electrons. The zero-order chi connectivity index (χ0) is 50.2. The number of hydrogen-bond acceptors (Lipinski definition) is 0. The average molecular weight is 831 g/mol. The number of para-hydroxylation sites is 2. The number of nitrogens with zero attached hydrogens (tertiary/aromatic N) is 2. The first kappa shape index (κ1) is 47.0. The van der Waals surface area contributed by atoms with Crippen LogP contribution in [0.2, 0.25) is 0 Å². The summed E-state index contributed by atoms with van der Waals surface area (Å²) in [5.41, 5.74) is 4.51. The van der Waals surface area contributed by atoms with Crippen molar-refractivity contribution >= 4 is 342 Å². The molecule has 0 aliphatic heterocycles. The van der Waals surface area contributed by atoms with E-state index in [1.165, 1.54) is 0 Å². The number of aromatic nitrogens is 2. The van der Waals surface area contributed by atoms with E-state index in [-0.39, 0.29) is 120 Å². The molecule has 70 heavy (non-hydrogen) atoms. The van der Waals surface area contributed by atoms with Crippen LogP contribution < -0.4 is 109 Å². The third kappa shape index (κ3) is 5.86. The Hall–Kier alpha value is -5.34. The van der Waals surface area contributed by atoms with Crippen LogP contribution in [0.5, 0.6) is 0 Å². The highest BCUT2D eigenvalue weighted by atomic mass is 15.0. The Bertz CT molecular complexity index is 4200. The van der Waals surface area contributed by atoms with Crippen molar-refractivity contribution in [2.45, 2.75) is 0 Å². The molecule has 2 aromatic heterocycles. The van der Waals surface area contributed by atoms with Gasteiger partial charge in [-0.2, -0.15) is 0 Å². The molecule has 2 nitrogen and oxygen atoms in total. The lowest BCUT2D eigenvalue weighted by Gasteiger charge is -2.29. The van der Waals surface area contributed by atoms with E-state index in [0.717, 1.165) is 21.5 Å². The molecular weight excluding hydrogens is 821 g/mol. The van der Waals surface area contributed by atoms with Crippen LogP contribution in [0.15, 0.2) is 60.7 Å². The highest BCUT2D eigenvalue weighted by Crippen LogP contribution is 2.42. The molecule has 0 saturated carbocycles. The molecule has 0 fully saturated rings. The third-order valence-electron chi connectivity index (χ3n) is 14.2. The summed E-state index contributed by atoms with van der Waals surface area (Å²) in [6.07, 6.45) is 0. The zero-order valence-electron chi connectivity index (χ0n) is 37.2. The van der Waals surface area contributed by atoms with Gasteiger partial charge < -0.3 is 9.13 Å². The van der Waals surface area contributed by atoms with E-state index in [0.29, 0.717) is 65.8 Å². The molecule has 2 heterocycles. The molecule has 0 saturated heterocycles. The van der Waals surface area contributed by atoms with Gasteiger partial charge >= 0.3 is 0 Å². The highest BCUT2D eigenvalue weighted by Gasteiger charge is 2.28. The van der Waals surface area contributed by atoms with E-state index in [4.69, 9.17) is 157 Å². The first-order valence-electron chi connectivity index (χ1n) is 21.4. The minimum absolute atomic E-state index is 0.00146. The van der Waals surface area contributed by atoms with Gasteiger partial charge in [0.2, 0.25) is 0 Å². The highest BCUT2D eigenvalue weighted by molar-refractivity contribution is 6.76. The second-order valence-electron chi connectivity index (χ2n) is 17.5. The number of benzene rings is 9. The first-order chi connectivity index (χ1) is 33.2. The van der Waals surface area contributed by atoms with Crippen LogP contribution in [0.1, 0.15) is 0 Å². The molecule has 22 heteroatoms. The van der Waals surface area contributed by atoms with E-state index in [9.17, 15) is 0 Å².